The highest BCUT2D eigenvalue weighted by molar-refractivity contribution is 6.32. The molecule has 0 bridgehead atoms. The molecule has 4 heteroatoms. The van der Waals surface area contributed by atoms with Crippen molar-refractivity contribution in [3.05, 3.63) is 28.8 Å². The molecular formula is C12H18Cl2NO-. The number of hydrogen-bond donors (Lipinski definition) is 1. The fourth-order valence-electron chi connectivity index (χ4n) is 1.19. The number of hydrogen-bond acceptors (Lipinski definition) is 2. The molecule has 1 rings (SSSR count). The van der Waals surface area contributed by atoms with Crippen molar-refractivity contribution in [2.45, 2.75) is 32.9 Å². The third kappa shape index (κ3) is 5.06. The Morgan fingerprint density at radius 3 is 2.38 bits per heavy atom. The van der Waals surface area contributed by atoms with Crippen LogP contribution in [-0.4, -0.2) is 12.6 Å². The van der Waals surface area contributed by atoms with Crippen molar-refractivity contribution >= 4 is 11.6 Å². The predicted molar refractivity (Wildman–Crippen MR) is 64.6 cm³/mol. The monoisotopic (exact) mass is 262 g/mol. The maximum atomic E-state index is 6.03. The normalized spacial score (nSPS) is 10.8. The summed E-state index contributed by atoms with van der Waals surface area (Å²) in [6, 6.07) is 5.84. The van der Waals surface area contributed by atoms with E-state index in [1.54, 1.807) is 7.11 Å². The number of methoxy groups -OCH3 is 1. The maximum absolute atomic E-state index is 6.03. The van der Waals surface area contributed by atoms with Crippen LogP contribution in [0, 0.1) is 0 Å². The van der Waals surface area contributed by atoms with Gasteiger partial charge < -0.3 is 22.5 Å². The molecule has 16 heavy (non-hydrogen) atoms. The fourth-order valence-corrected chi connectivity index (χ4v) is 1.47. The highest BCUT2D eigenvalue weighted by atomic mass is 35.5. The molecule has 1 aromatic rings. The van der Waals surface area contributed by atoms with Crippen molar-refractivity contribution in [3.8, 4) is 5.75 Å². The SMILES string of the molecule is COc1ccc(CNC(C)(C)C)cc1Cl.[Cl-]. The lowest BCUT2D eigenvalue weighted by Gasteiger charge is -2.20. The van der Waals surface area contributed by atoms with Crippen molar-refractivity contribution < 1.29 is 17.1 Å². The topological polar surface area (TPSA) is 21.3 Å². The summed E-state index contributed by atoms with van der Waals surface area (Å²) >= 11 is 6.03. The minimum absolute atomic E-state index is 0. The van der Waals surface area contributed by atoms with E-state index in [1.165, 1.54) is 0 Å². The first-order valence-corrected chi connectivity index (χ1v) is 5.37. The van der Waals surface area contributed by atoms with Crippen LogP contribution < -0.4 is 22.5 Å². The largest absolute Gasteiger partial charge is 1.00 e. The molecule has 0 saturated heterocycles. The molecule has 1 aromatic carbocycles. The third-order valence-corrected chi connectivity index (χ3v) is 2.33. The number of halogens is 2. The van der Waals surface area contributed by atoms with Gasteiger partial charge in [0.15, 0.2) is 0 Å². The fraction of sp³-hybridized carbons (Fsp3) is 0.500. The van der Waals surface area contributed by atoms with Gasteiger partial charge in [-0.25, -0.2) is 0 Å². The molecule has 0 heterocycles. The zero-order chi connectivity index (χ0) is 11.5. The molecule has 0 unspecified atom stereocenters. The van der Waals surface area contributed by atoms with Crippen LogP contribution in [0.25, 0.3) is 0 Å². The second kappa shape index (κ2) is 6.33. The molecule has 1 N–H and O–H groups in total. The molecule has 0 aliphatic heterocycles. The Morgan fingerprint density at radius 2 is 1.94 bits per heavy atom. The summed E-state index contributed by atoms with van der Waals surface area (Å²) in [6.45, 7) is 7.22. The lowest BCUT2D eigenvalue weighted by Crippen LogP contribution is -3.00. The van der Waals surface area contributed by atoms with Gasteiger partial charge in [-0.15, -0.1) is 0 Å². The highest BCUT2D eigenvalue weighted by Gasteiger charge is 2.09. The molecule has 0 saturated carbocycles. The Bertz CT molecular complexity index is 334. The third-order valence-electron chi connectivity index (χ3n) is 2.04. The van der Waals surface area contributed by atoms with Crippen LogP contribution >= 0.6 is 11.6 Å². The lowest BCUT2D eigenvalue weighted by molar-refractivity contribution is -0.00000409. The van der Waals surface area contributed by atoms with E-state index in [2.05, 4.69) is 26.1 Å². The zero-order valence-corrected chi connectivity index (χ0v) is 11.6. The van der Waals surface area contributed by atoms with E-state index in [-0.39, 0.29) is 17.9 Å². The van der Waals surface area contributed by atoms with Crippen LogP contribution in [0.3, 0.4) is 0 Å². The molecule has 0 fully saturated rings. The van der Waals surface area contributed by atoms with E-state index in [1.807, 2.05) is 18.2 Å². The van der Waals surface area contributed by atoms with Crippen molar-refractivity contribution in [2.75, 3.05) is 7.11 Å². The molecule has 2 nitrogen and oxygen atoms in total. The van der Waals surface area contributed by atoms with Crippen molar-refractivity contribution in [1.82, 2.24) is 5.32 Å². The lowest BCUT2D eigenvalue weighted by atomic mass is 10.1. The maximum Gasteiger partial charge on any atom is 0.137 e. The second-order valence-electron chi connectivity index (χ2n) is 4.57. The first kappa shape index (κ1) is 15.6. The zero-order valence-electron chi connectivity index (χ0n) is 10.1. The molecule has 0 aromatic heterocycles. The summed E-state index contributed by atoms with van der Waals surface area (Å²) in [6.07, 6.45) is 0. The molecule has 92 valence electrons. The number of rotatable bonds is 3. The molecule has 0 aliphatic rings. The van der Waals surface area contributed by atoms with Gasteiger partial charge in [0.2, 0.25) is 0 Å². The summed E-state index contributed by atoms with van der Waals surface area (Å²) in [5.74, 6) is 0.719. The molecule has 0 amide bonds. The van der Waals surface area contributed by atoms with Gasteiger partial charge in [0.1, 0.15) is 5.75 Å². The average Bonchev–Trinajstić information content (AvgIpc) is 2.14. The number of nitrogens with one attached hydrogen (secondary N) is 1. The Balaban J connectivity index is 0.00000225. The second-order valence-corrected chi connectivity index (χ2v) is 4.98. The Hall–Kier alpha value is -0.440. The van der Waals surface area contributed by atoms with Crippen molar-refractivity contribution in [3.63, 3.8) is 0 Å². The molecule has 0 aliphatic carbocycles. The van der Waals surface area contributed by atoms with Gasteiger partial charge in [0, 0.05) is 12.1 Å². The minimum Gasteiger partial charge on any atom is -1.00 e. The van der Waals surface area contributed by atoms with Gasteiger partial charge in [-0.2, -0.15) is 0 Å². The van der Waals surface area contributed by atoms with Gasteiger partial charge >= 0.3 is 0 Å². The van der Waals surface area contributed by atoms with Gasteiger partial charge in [-0.3, -0.25) is 0 Å². The summed E-state index contributed by atoms with van der Waals surface area (Å²) in [7, 11) is 1.62. The molecular weight excluding hydrogens is 245 g/mol. The predicted octanol–water partition coefficient (Wildman–Crippen LogP) is 0.241. The Kier molecular flexibility index (Phi) is 6.16. The van der Waals surface area contributed by atoms with Crippen LogP contribution in [0.15, 0.2) is 18.2 Å². The summed E-state index contributed by atoms with van der Waals surface area (Å²) in [4.78, 5) is 0. The van der Waals surface area contributed by atoms with Crippen LogP contribution in [-0.2, 0) is 6.54 Å². The van der Waals surface area contributed by atoms with E-state index >= 15 is 0 Å². The van der Waals surface area contributed by atoms with E-state index < -0.39 is 0 Å². The molecule has 0 atom stereocenters. The number of benzene rings is 1. The van der Waals surface area contributed by atoms with E-state index in [4.69, 9.17) is 16.3 Å². The van der Waals surface area contributed by atoms with E-state index in [0.29, 0.717) is 5.02 Å². The first-order valence-electron chi connectivity index (χ1n) is 5.00. The number of ether oxygens (including phenoxy) is 1. The average molecular weight is 263 g/mol. The highest BCUT2D eigenvalue weighted by Crippen LogP contribution is 2.24. The standard InChI is InChI=1S/C12H18ClNO.ClH/c1-12(2,3)14-8-9-5-6-11(15-4)10(13)7-9;/h5-7,14H,8H2,1-4H3;1H/p-1. The first-order chi connectivity index (χ1) is 6.92. The van der Waals surface area contributed by atoms with Gasteiger partial charge in [-0.1, -0.05) is 17.7 Å². The summed E-state index contributed by atoms with van der Waals surface area (Å²) in [5.41, 5.74) is 1.28. The molecule has 0 spiro atoms. The van der Waals surface area contributed by atoms with Crippen LogP contribution in [0.5, 0.6) is 5.75 Å². The van der Waals surface area contributed by atoms with Crippen LogP contribution in [0.4, 0.5) is 0 Å². The van der Waals surface area contributed by atoms with Gasteiger partial charge in [0.25, 0.3) is 0 Å². The smallest absolute Gasteiger partial charge is 0.137 e. The van der Waals surface area contributed by atoms with E-state index in [0.717, 1.165) is 17.9 Å². The Morgan fingerprint density at radius 1 is 1.31 bits per heavy atom. The van der Waals surface area contributed by atoms with Gasteiger partial charge in [0.05, 0.1) is 12.1 Å². The van der Waals surface area contributed by atoms with Crippen LogP contribution in [0.2, 0.25) is 5.02 Å². The molecule has 0 radical (unpaired) electrons. The van der Waals surface area contributed by atoms with Crippen molar-refractivity contribution in [1.29, 1.82) is 0 Å². The van der Waals surface area contributed by atoms with E-state index in [9.17, 15) is 0 Å². The van der Waals surface area contributed by atoms with Gasteiger partial charge in [-0.05, 0) is 38.5 Å². The summed E-state index contributed by atoms with van der Waals surface area (Å²) < 4.78 is 5.09. The summed E-state index contributed by atoms with van der Waals surface area (Å²) in [5, 5.41) is 4.06. The quantitative estimate of drug-likeness (QED) is 0.843. The van der Waals surface area contributed by atoms with Crippen molar-refractivity contribution in [2.24, 2.45) is 0 Å². The minimum atomic E-state index is 0. The van der Waals surface area contributed by atoms with Crippen LogP contribution in [0.1, 0.15) is 26.3 Å². The Labute approximate surface area is 109 Å².